The van der Waals surface area contributed by atoms with Crippen LogP contribution in [0.25, 0.3) is 234 Å². The molecule has 4 heterocycles. The van der Waals surface area contributed by atoms with Crippen molar-refractivity contribution in [3.63, 3.8) is 0 Å². The molecule has 2 spiro atoms. The lowest BCUT2D eigenvalue weighted by atomic mass is 9.65. The van der Waals surface area contributed by atoms with Gasteiger partial charge in [-0.2, -0.15) is 0 Å². The molecule has 0 amide bonds. The molecule has 0 bridgehead atoms. The van der Waals surface area contributed by atoms with Crippen LogP contribution in [0.15, 0.2) is 482 Å². The lowest BCUT2D eigenvalue weighted by Crippen LogP contribution is -2.29. The van der Waals surface area contributed by atoms with Gasteiger partial charge in [0.15, 0.2) is 11.6 Å². The molecule has 24 aromatic rings. The normalized spacial score (nSPS) is 13.0. The molecule has 20 aromatic carbocycles. The minimum Gasteiger partial charge on any atom is -0.456 e. The van der Waals surface area contributed by atoms with Crippen molar-refractivity contribution < 1.29 is 8.83 Å². The van der Waals surface area contributed by atoms with Gasteiger partial charge in [0.2, 0.25) is 0 Å². The van der Waals surface area contributed by atoms with Gasteiger partial charge in [0.1, 0.15) is 22.3 Å². The van der Waals surface area contributed by atoms with Gasteiger partial charge in [0.25, 0.3) is 0 Å². The van der Waals surface area contributed by atoms with Crippen molar-refractivity contribution >= 4 is 43.9 Å². The van der Waals surface area contributed by atoms with Crippen molar-refractivity contribution in [3.8, 4) is 190 Å². The fraction of sp³-hybridized carbons (Fsp3) is 0.0154. The summed E-state index contributed by atoms with van der Waals surface area (Å²) in [6.07, 6.45) is 0. The van der Waals surface area contributed by atoms with Crippen LogP contribution in [-0.4, -0.2) is 19.9 Å². The molecule has 4 aliphatic carbocycles. The highest BCUT2D eigenvalue weighted by molar-refractivity contribution is 6.09. The van der Waals surface area contributed by atoms with Gasteiger partial charge in [-0.3, -0.25) is 0 Å². The second-order valence-corrected chi connectivity index (χ2v) is 36.4. The molecule has 0 aliphatic heterocycles. The van der Waals surface area contributed by atoms with Gasteiger partial charge in [0, 0.05) is 54.9 Å². The Balaban J connectivity index is 0.585. The van der Waals surface area contributed by atoms with Crippen LogP contribution in [0.2, 0.25) is 0 Å². The molecule has 4 aromatic heterocycles. The Bertz CT molecular complexity index is 8990. The highest BCUT2D eigenvalue weighted by Gasteiger charge is 2.52. The van der Waals surface area contributed by atoms with E-state index in [1.54, 1.807) is 0 Å². The third-order valence-electron chi connectivity index (χ3n) is 29.1. The van der Waals surface area contributed by atoms with E-state index < -0.39 is 10.8 Å². The zero-order chi connectivity index (χ0) is 89.3. The second kappa shape index (κ2) is 30.4. The standard InChI is InChI=1S/C130H78N4O2/c1-4-29-79(30-5-1)89-66-90(80-31-6-2-7-32-80)69-93(68-89)127-131-119(77-120(132-127)86-56-60-105-97-39-12-10-37-95(97)99-41-14-21-48-111(99)129(117(105)73-86)113-50-23-16-43-101(113)102-44-17-24-51-114(102)129)85-59-64-124-110(72-85)109-62-55-84(75-125(109)136-124)82-35-28-36-83(65-82)92-67-91(81-33-8-3-9-34-81)70-94(71-92)128-133-121(78-122(134-128)88-58-63-108-107-47-20-27-54-123(107)135-126(108)76-88)87-57-61-106-98-40-13-11-38-96(98)100-42-15-22-49-112(100)130(118(106)74-87)115-52-25-18-45-103(115)104-46-19-26-53-116(104)130/h1-78H. The summed E-state index contributed by atoms with van der Waals surface area (Å²) in [6.45, 7) is 0. The van der Waals surface area contributed by atoms with E-state index >= 15 is 0 Å². The van der Waals surface area contributed by atoms with Crippen LogP contribution in [0.1, 0.15) is 44.5 Å². The number of hydrogen-bond acceptors (Lipinski definition) is 6. The van der Waals surface area contributed by atoms with Gasteiger partial charge in [-0.15, -0.1) is 0 Å². The molecule has 0 atom stereocenters. The molecule has 0 radical (unpaired) electrons. The number of nitrogens with zero attached hydrogens (tertiary/aromatic N) is 4. The van der Waals surface area contributed by atoms with Crippen molar-refractivity contribution in [2.24, 2.45) is 0 Å². The van der Waals surface area contributed by atoms with Crippen LogP contribution in [0.3, 0.4) is 0 Å². The minimum atomic E-state index is -0.697. The van der Waals surface area contributed by atoms with Crippen molar-refractivity contribution in [1.82, 2.24) is 19.9 Å². The van der Waals surface area contributed by atoms with Gasteiger partial charge in [-0.1, -0.05) is 358 Å². The van der Waals surface area contributed by atoms with Gasteiger partial charge in [0.05, 0.1) is 33.6 Å². The van der Waals surface area contributed by atoms with Crippen molar-refractivity contribution in [3.05, 3.63) is 518 Å². The fourth-order valence-electron chi connectivity index (χ4n) is 23.1. The Morgan fingerprint density at radius 3 is 0.809 bits per heavy atom. The fourth-order valence-corrected chi connectivity index (χ4v) is 23.1. The van der Waals surface area contributed by atoms with E-state index in [0.29, 0.717) is 11.6 Å². The van der Waals surface area contributed by atoms with E-state index in [4.69, 9.17) is 28.8 Å². The number of para-hydroxylation sites is 1. The molecule has 28 rings (SSSR count). The van der Waals surface area contributed by atoms with Crippen LogP contribution in [-0.2, 0) is 10.8 Å². The summed E-state index contributed by atoms with van der Waals surface area (Å²) in [5, 5.41) is 4.10. The van der Waals surface area contributed by atoms with E-state index in [0.717, 1.165) is 156 Å². The van der Waals surface area contributed by atoms with Crippen LogP contribution in [0.4, 0.5) is 0 Å². The monoisotopic (exact) mass is 1730 g/mol. The average molecular weight is 1730 g/mol. The van der Waals surface area contributed by atoms with E-state index in [1.807, 2.05) is 12.1 Å². The quantitative estimate of drug-likeness (QED) is 0.128. The maximum Gasteiger partial charge on any atom is 0.160 e. The van der Waals surface area contributed by atoms with E-state index in [2.05, 4.69) is 461 Å². The number of fused-ring (bicyclic) bond motifs is 30. The van der Waals surface area contributed by atoms with Gasteiger partial charge >= 0.3 is 0 Å². The Labute approximate surface area is 785 Å². The molecule has 136 heavy (non-hydrogen) atoms. The van der Waals surface area contributed by atoms with Crippen molar-refractivity contribution in [2.45, 2.75) is 10.8 Å². The Morgan fingerprint density at radius 2 is 0.390 bits per heavy atom. The first kappa shape index (κ1) is 77.0. The van der Waals surface area contributed by atoms with E-state index in [-0.39, 0.29) is 0 Å². The predicted octanol–water partition coefficient (Wildman–Crippen LogP) is 33.4. The molecular weight excluding hydrogens is 1650 g/mol. The van der Waals surface area contributed by atoms with Gasteiger partial charge in [-0.05, 0) is 282 Å². The van der Waals surface area contributed by atoms with E-state index in [9.17, 15) is 0 Å². The van der Waals surface area contributed by atoms with Crippen LogP contribution in [0.5, 0.6) is 0 Å². The highest BCUT2D eigenvalue weighted by atomic mass is 16.3. The first-order valence-corrected chi connectivity index (χ1v) is 46.7. The van der Waals surface area contributed by atoms with Crippen LogP contribution < -0.4 is 0 Å². The molecule has 0 unspecified atom stereocenters. The summed E-state index contributed by atoms with van der Waals surface area (Å²) in [4.78, 5) is 23.0. The van der Waals surface area contributed by atoms with Crippen LogP contribution >= 0.6 is 0 Å². The number of aromatic nitrogens is 4. The molecule has 4 aliphatic rings. The molecule has 630 valence electrons. The molecule has 0 fully saturated rings. The average Bonchev–Trinajstić information content (AvgIpc) is 1.52. The zero-order valence-electron chi connectivity index (χ0n) is 73.6. The number of hydrogen-bond donors (Lipinski definition) is 0. The topological polar surface area (TPSA) is 77.8 Å². The Hall–Kier alpha value is -17.8. The zero-order valence-corrected chi connectivity index (χ0v) is 73.6. The van der Waals surface area contributed by atoms with Gasteiger partial charge < -0.3 is 8.83 Å². The number of furan rings is 2. The molecule has 6 heteroatoms. The van der Waals surface area contributed by atoms with Gasteiger partial charge in [-0.25, -0.2) is 19.9 Å². The SMILES string of the molecule is c1ccc(-c2cc(-c3cccc(-c4ccc5c(c4)oc4ccc(-c6cc(-c7ccc8c(c7)C7(c9ccccc9-c9ccccc9-8)c8ccccc8-c8ccccc87)nc(-c7cc(-c8ccccc8)cc(-c8ccccc8)c7)n6)cc45)c3)cc(-c3nc(-c4ccc5c(c4)C4(c6ccccc6-c6ccccc6-5)c5ccccc5-c5ccccc54)cc(-c4ccc5c(c4)oc4ccccc45)n3)c2)cc1. The maximum atomic E-state index is 7.03. The third-order valence-corrected chi connectivity index (χ3v) is 29.1. The molecular formula is C130H78N4O2. The Kier molecular flexibility index (Phi) is 17.2. The van der Waals surface area contributed by atoms with E-state index in [1.165, 1.54) is 111 Å². The second-order valence-electron chi connectivity index (χ2n) is 36.4. The first-order valence-electron chi connectivity index (χ1n) is 46.7. The summed E-state index contributed by atoms with van der Waals surface area (Å²) in [5.74, 6) is 1.21. The smallest absolute Gasteiger partial charge is 0.160 e. The minimum absolute atomic E-state index is 0.591. The molecule has 6 nitrogen and oxygen atoms in total. The Morgan fingerprint density at radius 1 is 0.132 bits per heavy atom. The van der Waals surface area contributed by atoms with Crippen molar-refractivity contribution in [1.29, 1.82) is 0 Å². The summed E-state index contributed by atoms with van der Waals surface area (Å²) in [5.41, 5.74) is 45.6. The summed E-state index contributed by atoms with van der Waals surface area (Å²) >= 11 is 0. The lowest BCUT2D eigenvalue weighted by molar-refractivity contribution is 0.668. The maximum absolute atomic E-state index is 7.03. The molecule has 0 saturated heterocycles. The predicted molar refractivity (Wildman–Crippen MR) is 555 cm³/mol. The molecule has 0 saturated carbocycles. The highest BCUT2D eigenvalue weighted by Crippen LogP contribution is 2.65. The third kappa shape index (κ3) is 11.9. The number of benzene rings is 20. The summed E-state index contributed by atoms with van der Waals surface area (Å²) in [6, 6.07) is 173. The van der Waals surface area contributed by atoms with Crippen LogP contribution in [0, 0.1) is 0 Å². The first-order chi connectivity index (χ1) is 67.3. The largest absolute Gasteiger partial charge is 0.456 e. The number of rotatable bonds is 11. The summed E-state index contributed by atoms with van der Waals surface area (Å²) < 4.78 is 13.7. The lowest BCUT2D eigenvalue weighted by Gasteiger charge is -2.35. The van der Waals surface area contributed by atoms with Crippen molar-refractivity contribution in [2.75, 3.05) is 0 Å². The summed E-state index contributed by atoms with van der Waals surface area (Å²) in [7, 11) is 0. The molecule has 0 N–H and O–H groups in total.